The Hall–Kier alpha value is -2.87. The highest BCUT2D eigenvalue weighted by Crippen LogP contribution is 2.39. The lowest BCUT2D eigenvalue weighted by Crippen LogP contribution is -2.22. The Balaban J connectivity index is 2.58. The number of carboxylic acids is 1. The van der Waals surface area contributed by atoms with Crippen molar-refractivity contribution >= 4 is 11.8 Å². The third kappa shape index (κ3) is 6.06. The maximum Gasteiger partial charge on any atom is 0.416 e. The van der Waals surface area contributed by atoms with Crippen LogP contribution in [0.2, 0.25) is 0 Å². The van der Waals surface area contributed by atoms with Crippen LogP contribution in [0.25, 0.3) is 11.1 Å². The highest BCUT2D eigenvalue weighted by molar-refractivity contribution is 5.77. The van der Waals surface area contributed by atoms with Gasteiger partial charge in [0.2, 0.25) is 0 Å². The molecule has 0 aromatic heterocycles. The van der Waals surface area contributed by atoms with Crippen LogP contribution in [0.3, 0.4) is 0 Å². The number of methoxy groups -OCH3 is 1. The first-order valence-electron chi connectivity index (χ1n) is 9.36. The molecule has 2 N–H and O–H groups in total. The molecule has 0 saturated heterocycles. The Bertz CT molecular complexity index is 925. The fourth-order valence-electron chi connectivity index (χ4n) is 3.17. The number of ether oxygens (including phenoxy) is 1. The zero-order valence-corrected chi connectivity index (χ0v) is 17.0. The predicted octanol–water partition coefficient (Wildman–Crippen LogP) is 4.64. The minimum Gasteiger partial charge on any atom is -0.496 e. The molecule has 0 bridgehead atoms. The van der Waals surface area contributed by atoms with Crippen molar-refractivity contribution in [2.24, 2.45) is 0 Å². The van der Waals surface area contributed by atoms with Gasteiger partial charge in [0.05, 0.1) is 19.1 Å². The maximum absolute atomic E-state index is 13.3. The predicted molar refractivity (Wildman–Crippen MR) is 106 cm³/mol. The number of benzene rings is 2. The fraction of sp³-hybridized carbons (Fsp3) is 0.364. The smallest absolute Gasteiger partial charge is 0.416 e. The molecule has 0 aliphatic rings. The van der Waals surface area contributed by atoms with Gasteiger partial charge < -0.3 is 15.2 Å². The number of carbonyl (C=O) groups excluding carboxylic acids is 1. The van der Waals surface area contributed by atoms with Gasteiger partial charge in [0.25, 0.3) is 0 Å². The van der Waals surface area contributed by atoms with Gasteiger partial charge in [-0.1, -0.05) is 12.1 Å². The van der Waals surface area contributed by atoms with Crippen LogP contribution in [0.4, 0.5) is 13.2 Å². The van der Waals surface area contributed by atoms with Crippen LogP contribution in [0.1, 0.15) is 43.0 Å². The summed E-state index contributed by atoms with van der Waals surface area (Å²) >= 11 is 0. The van der Waals surface area contributed by atoms with E-state index in [9.17, 15) is 22.8 Å². The van der Waals surface area contributed by atoms with E-state index in [1.54, 1.807) is 25.1 Å². The zero-order valence-electron chi connectivity index (χ0n) is 17.0. The lowest BCUT2D eigenvalue weighted by Gasteiger charge is -2.21. The molecule has 8 heteroatoms. The SMILES string of the molecule is COc1ccc(CC(=O)O)cc1-c1ccc(C(F)(F)F)cc1C(C)NCCC(C)=O. The molecule has 2 rings (SSSR count). The van der Waals surface area contributed by atoms with E-state index in [2.05, 4.69) is 5.32 Å². The minimum atomic E-state index is -4.51. The molecule has 0 amide bonds. The van der Waals surface area contributed by atoms with Gasteiger partial charge in [0.1, 0.15) is 11.5 Å². The van der Waals surface area contributed by atoms with Crippen molar-refractivity contribution in [2.45, 2.75) is 38.9 Å². The normalized spacial score (nSPS) is 12.5. The quantitative estimate of drug-likeness (QED) is 0.615. The molecule has 0 spiro atoms. The Morgan fingerprint density at radius 3 is 2.40 bits per heavy atom. The van der Waals surface area contributed by atoms with E-state index >= 15 is 0 Å². The van der Waals surface area contributed by atoms with Crippen LogP contribution in [0.15, 0.2) is 36.4 Å². The topological polar surface area (TPSA) is 75.6 Å². The number of halogens is 3. The standard InChI is InChI=1S/C22H24F3NO4/c1-13(27)8-9-26-14(2)18-12-16(22(23,24)25)5-6-17(18)19-10-15(11-21(28)29)4-7-20(19)30-3/h4-7,10,12,14,26H,8-9,11H2,1-3H3,(H,28,29). The lowest BCUT2D eigenvalue weighted by atomic mass is 9.91. The molecule has 0 heterocycles. The minimum absolute atomic E-state index is 0.0259. The van der Waals surface area contributed by atoms with E-state index in [0.29, 0.717) is 34.5 Å². The van der Waals surface area contributed by atoms with E-state index in [1.807, 2.05) is 0 Å². The van der Waals surface area contributed by atoms with E-state index in [4.69, 9.17) is 9.84 Å². The summed E-state index contributed by atoms with van der Waals surface area (Å²) in [4.78, 5) is 22.3. The van der Waals surface area contributed by atoms with Gasteiger partial charge in [-0.3, -0.25) is 9.59 Å². The van der Waals surface area contributed by atoms with Crippen LogP contribution in [-0.4, -0.2) is 30.5 Å². The van der Waals surface area contributed by atoms with Crippen LogP contribution in [-0.2, 0) is 22.2 Å². The van der Waals surface area contributed by atoms with Crippen LogP contribution in [0.5, 0.6) is 5.75 Å². The Kier molecular flexibility index (Phi) is 7.61. The molecule has 0 saturated carbocycles. The summed E-state index contributed by atoms with van der Waals surface area (Å²) in [7, 11) is 1.44. The molecule has 2 aromatic carbocycles. The van der Waals surface area contributed by atoms with E-state index in [-0.39, 0.29) is 18.6 Å². The van der Waals surface area contributed by atoms with E-state index < -0.39 is 23.8 Å². The van der Waals surface area contributed by atoms with Gasteiger partial charge >= 0.3 is 12.1 Å². The number of carbonyl (C=O) groups is 2. The number of alkyl halides is 3. The molecule has 0 aliphatic heterocycles. The van der Waals surface area contributed by atoms with Gasteiger partial charge in [-0.15, -0.1) is 0 Å². The van der Waals surface area contributed by atoms with E-state index in [0.717, 1.165) is 12.1 Å². The third-order valence-corrected chi connectivity index (χ3v) is 4.68. The maximum atomic E-state index is 13.3. The van der Waals surface area contributed by atoms with Crippen LogP contribution < -0.4 is 10.1 Å². The lowest BCUT2D eigenvalue weighted by molar-refractivity contribution is -0.138. The van der Waals surface area contributed by atoms with Crippen molar-refractivity contribution in [1.82, 2.24) is 5.32 Å². The first-order chi connectivity index (χ1) is 14.0. The number of nitrogens with one attached hydrogen (secondary N) is 1. The summed E-state index contributed by atoms with van der Waals surface area (Å²) in [5, 5.41) is 12.2. The average Bonchev–Trinajstić information content (AvgIpc) is 2.66. The monoisotopic (exact) mass is 423 g/mol. The van der Waals surface area contributed by atoms with Crippen LogP contribution >= 0.6 is 0 Å². The third-order valence-electron chi connectivity index (χ3n) is 4.68. The molecule has 2 aromatic rings. The molecule has 0 radical (unpaired) electrons. The average molecular weight is 423 g/mol. The van der Waals surface area contributed by atoms with Crippen molar-refractivity contribution in [3.05, 3.63) is 53.1 Å². The van der Waals surface area contributed by atoms with Crippen molar-refractivity contribution in [3.8, 4) is 16.9 Å². The Morgan fingerprint density at radius 2 is 1.83 bits per heavy atom. The highest BCUT2D eigenvalue weighted by Gasteiger charge is 2.32. The number of carboxylic acid groups (broad SMARTS) is 1. The summed E-state index contributed by atoms with van der Waals surface area (Å²) in [6.45, 7) is 3.48. The second-order valence-electron chi connectivity index (χ2n) is 7.03. The molecule has 5 nitrogen and oxygen atoms in total. The molecular formula is C22H24F3NO4. The molecule has 162 valence electrons. The number of Topliss-reactive ketones (excluding diaryl/α,β-unsaturated/α-hetero) is 1. The Morgan fingerprint density at radius 1 is 1.13 bits per heavy atom. The van der Waals surface area contributed by atoms with Gasteiger partial charge in [-0.2, -0.15) is 13.2 Å². The Labute approximate surface area is 172 Å². The number of hydrogen-bond donors (Lipinski definition) is 2. The van der Waals surface area contributed by atoms with Gasteiger partial charge in [-0.05, 0) is 54.8 Å². The van der Waals surface area contributed by atoms with Crippen molar-refractivity contribution in [2.75, 3.05) is 13.7 Å². The van der Waals surface area contributed by atoms with Crippen molar-refractivity contribution in [1.29, 1.82) is 0 Å². The summed E-state index contributed by atoms with van der Waals surface area (Å²) in [5.41, 5.74) is 1.08. The number of rotatable bonds is 9. The van der Waals surface area contributed by atoms with Gasteiger partial charge in [0.15, 0.2) is 0 Å². The summed E-state index contributed by atoms with van der Waals surface area (Å²) in [6.07, 6.45) is -4.48. The van der Waals surface area contributed by atoms with Crippen molar-refractivity contribution < 1.29 is 32.6 Å². The molecular weight excluding hydrogens is 399 g/mol. The fourth-order valence-corrected chi connectivity index (χ4v) is 3.17. The zero-order chi connectivity index (χ0) is 22.5. The summed E-state index contributed by atoms with van der Waals surface area (Å²) < 4.78 is 45.3. The van der Waals surface area contributed by atoms with Crippen LogP contribution in [0, 0.1) is 0 Å². The highest BCUT2D eigenvalue weighted by atomic mass is 19.4. The van der Waals surface area contributed by atoms with Gasteiger partial charge in [0, 0.05) is 24.6 Å². The molecule has 30 heavy (non-hydrogen) atoms. The largest absolute Gasteiger partial charge is 0.496 e. The van der Waals surface area contributed by atoms with Gasteiger partial charge in [-0.25, -0.2) is 0 Å². The second-order valence-corrected chi connectivity index (χ2v) is 7.03. The molecule has 0 aliphatic carbocycles. The number of hydrogen-bond acceptors (Lipinski definition) is 4. The van der Waals surface area contributed by atoms with E-state index in [1.165, 1.54) is 20.1 Å². The van der Waals surface area contributed by atoms with Crippen molar-refractivity contribution in [3.63, 3.8) is 0 Å². The molecule has 1 unspecified atom stereocenters. The number of ketones is 1. The summed E-state index contributed by atoms with van der Waals surface area (Å²) in [5.74, 6) is -0.624. The molecule has 1 atom stereocenters. The molecule has 0 fully saturated rings. The first-order valence-corrected chi connectivity index (χ1v) is 9.36. The second kappa shape index (κ2) is 9.75. The number of aliphatic carboxylic acids is 1. The first kappa shape index (κ1) is 23.4. The summed E-state index contributed by atoms with van der Waals surface area (Å²) in [6, 6.07) is 7.76.